The number of amides is 1. The molecular weight excluding hydrogens is 206 g/mol. The third-order valence-corrected chi connectivity index (χ3v) is 2.98. The zero-order valence-electron chi connectivity index (χ0n) is 10.3. The van der Waals surface area contributed by atoms with Crippen LogP contribution in [-0.4, -0.2) is 35.0 Å². The van der Waals surface area contributed by atoms with Crippen LogP contribution in [0, 0.1) is 11.3 Å². The Kier molecular flexibility index (Phi) is 3.94. The zero-order chi connectivity index (χ0) is 12.3. The Morgan fingerprint density at radius 1 is 1.50 bits per heavy atom. The van der Waals surface area contributed by atoms with Gasteiger partial charge in [0, 0.05) is 19.5 Å². The fourth-order valence-corrected chi connectivity index (χ4v) is 1.80. The summed E-state index contributed by atoms with van der Waals surface area (Å²) in [6.07, 6.45) is 1.77. The van der Waals surface area contributed by atoms with Crippen molar-refractivity contribution in [3.8, 4) is 0 Å². The number of hydrogen-bond acceptors (Lipinski definition) is 2. The number of carboxylic acids is 1. The van der Waals surface area contributed by atoms with E-state index in [0.29, 0.717) is 25.9 Å². The van der Waals surface area contributed by atoms with Crippen LogP contribution in [0.25, 0.3) is 0 Å². The number of aliphatic carboxylic acids is 1. The van der Waals surface area contributed by atoms with E-state index in [9.17, 15) is 9.59 Å². The predicted molar refractivity (Wildman–Crippen MR) is 61.0 cm³/mol. The zero-order valence-corrected chi connectivity index (χ0v) is 10.3. The molecule has 0 aromatic heterocycles. The quantitative estimate of drug-likeness (QED) is 0.799. The Balaban J connectivity index is 2.50. The van der Waals surface area contributed by atoms with E-state index >= 15 is 0 Å². The topological polar surface area (TPSA) is 57.6 Å². The van der Waals surface area contributed by atoms with E-state index in [1.165, 1.54) is 0 Å². The highest BCUT2D eigenvalue weighted by Gasteiger charge is 2.30. The van der Waals surface area contributed by atoms with Crippen LogP contribution in [0.15, 0.2) is 0 Å². The summed E-state index contributed by atoms with van der Waals surface area (Å²) in [5.41, 5.74) is 0.177. The van der Waals surface area contributed by atoms with Gasteiger partial charge in [0.2, 0.25) is 5.91 Å². The molecule has 0 aliphatic carbocycles. The van der Waals surface area contributed by atoms with Crippen molar-refractivity contribution in [3.63, 3.8) is 0 Å². The summed E-state index contributed by atoms with van der Waals surface area (Å²) in [5.74, 6) is -1.06. The van der Waals surface area contributed by atoms with Crippen molar-refractivity contribution < 1.29 is 14.7 Å². The molecule has 0 bridgehead atoms. The molecule has 1 atom stereocenters. The van der Waals surface area contributed by atoms with Gasteiger partial charge in [-0.1, -0.05) is 20.8 Å². The molecule has 1 rings (SSSR count). The molecule has 4 heteroatoms. The van der Waals surface area contributed by atoms with Gasteiger partial charge in [-0.2, -0.15) is 0 Å². The van der Waals surface area contributed by atoms with Crippen LogP contribution < -0.4 is 0 Å². The number of hydrogen-bond donors (Lipinski definition) is 1. The molecule has 0 aromatic rings. The third kappa shape index (κ3) is 3.83. The maximum absolute atomic E-state index is 11.6. The second-order valence-electron chi connectivity index (χ2n) is 5.72. The summed E-state index contributed by atoms with van der Waals surface area (Å²) < 4.78 is 0. The Labute approximate surface area is 96.6 Å². The third-order valence-electron chi connectivity index (χ3n) is 2.98. The van der Waals surface area contributed by atoms with E-state index in [1.54, 1.807) is 4.90 Å². The minimum Gasteiger partial charge on any atom is -0.481 e. The number of carboxylic acid groups (broad SMARTS) is 1. The molecule has 1 unspecified atom stereocenters. The van der Waals surface area contributed by atoms with E-state index in [4.69, 9.17) is 5.11 Å². The van der Waals surface area contributed by atoms with Crippen molar-refractivity contribution in [1.29, 1.82) is 0 Å². The minimum absolute atomic E-state index is 0.0988. The second kappa shape index (κ2) is 4.85. The van der Waals surface area contributed by atoms with Gasteiger partial charge in [-0.3, -0.25) is 9.59 Å². The second-order valence-corrected chi connectivity index (χ2v) is 5.72. The number of nitrogens with zero attached hydrogens (tertiary/aromatic N) is 1. The molecule has 4 nitrogen and oxygen atoms in total. The van der Waals surface area contributed by atoms with Gasteiger partial charge in [-0.05, 0) is 18.3 Å². The molecule has 16 heavy (non-hydrogen) atoms. The summed E-state index contributed by atoms with van der Waals surface area (Å²) >= 11 is 0. The standard InChI is InChI=1S/C12H21NO3/c1-12(2,3)6-7-13-8-9(11(15)16)4-5-10(13)14/h9H,4-8H2,1-3H3,(H,15,16). The summed E-state index contributed by atoms with van der Waals surface area (Å²) in [7, 11) is 0. The molecule has 1 aliphatic rings. The van der Waals surface area contributed by atoms with Crippen molar-refractivity contribution in [2.45, 2.75) is 40.0 Å². The van der Waals surface area contributed by atoms with Gasteiger partial charge in [0.25, 0.3) is 0 Å². The molecule has 0 spiro atoms. The normalized spacial score (nSPS) is 22.3. The maximum Gasteiger partial charge on any atom is 0.308 e. The van der Waals surface area contributed by atoms with Crippen molar-refractivity contribution in [3.05, 3.63) is 0 Å². The highest BCUT2D eigenvalue weighted by molar-refractivity contribution is 5.80. The number of likely N-dealkylation sites (tertiary alicyclic amines) is 1. The van der Waals surface area contributed by atoms with Crippen LogP contribution in [0.3, 0.4) is 0 Å². The summed E-state index contributed by atoms with van der Waals surface area (Å²) in [4.78, 5) is 24.2. The van der Waals surface area contributed by atoms with Crippen LogP contribution in [-0.2, 0) is 9.59 Å². The minimum atomic E-state index is -0.784. The first-order valence-electron chi connectivity index (χ1n) is 5.80. The van der Waals surface area contributed by atoms with Crippen LogP contribution in [0.2, 0.25) is 0 Å². The predicted octanol–water partition coefficient (Wildman–Crippen LogP) is 1.75. The summed E-state index contributed by atoms with van der Waals surface area (Å²) in [6.45, 7) is 7.42. The number of carbonyl (C=O) groups is 2. The molecule has 1 aliphatic heterocycles. The summed E-state index contributed by atoms with van der Waals surface area (Å²) in [6, 6.07) is 0. The monoisotopic (exact) mass is 227 g/mol. The van der Waals surface area contributed by atoms with E-state index in [2.05, 4.69) is 20.8 Å². The van der Waals surface area contributed by atoms with Gasteiger partial charge >= 0.3 is 5.97 Å². The van der Waals surface area contributed by atoms with Crippen LogP contribution >= 0.6 is 0 Å². The van der Waals surface area contributed by atoms with Gasteiger partial charge in [0.05, 0.1) is 5.92 Å². The Morgan fingerprint density at radius 3 is 2.62 bits per heavy atom. The molecule has 1 N–H and O–H groups in total. The average Bonchev–Trinajstić information content (AvgIpc) is 2.14. The lowest BCUT2D eigenvalue weighted by molar-refractivity contribution is -0.147. The first-order chi connectivity index (χ1) is 7.29. The number of carbonyl (C=O) groups excluding carboxylic acids is 1. The molecule has 1 fully saturated rings. The Hall–Kier alpha value is -1.06. The van der Waals surface area contributed by atoms with E-state index in [1.807, 2.05) is 0 Å². The van der Waals surface area contributed by atoms with Crippen LogP contribution in [0.1, 0.15) is 40.0 Å². The largest absolute Gasteiger partial charge is 0.481 e. The lowest BCUT2D eigenvalue weighted by Crippen LogP contribution is -2.43. The smallest absolute Gasteiger partial charge is 0.308 e. The highest BCUT2D eigenvalue weighted by atomic mass is 16.4. The average molecular weight is 227 g/mol. The van der Waals surface area contributed by atoms with Crippen molar-refractivity contribution in [2.75, 3.05) is 13.1 Å². The van der Waals surface area contributed by atoms with Crippen LogP contribution in [0.4, 0.5) is 0 Å². The van der Waals surface area contributed by atoms with E-state index < -0.39 is 5.97 Å². The number of piperidine rings is 1. The fraction of sp³-hybridized carbons (Fsp3) is 0.833. The lowest BCUT2D eigenvalue weighted by atomic mass is 9.91. The highest BCUT2D eigenvalue weighted by Crippen LogP contribution is 2.22. The fourth-order valence-electron chi connectivity index (χ4n) is 1.80. The SMILES string of the molecule is CC(C)(C)CCN1CC(C(=O)O)CCC1=O. The lowest BCUT2D eigenvalue weighted by Gasteiger charge is -2.32. The molecule has 0 saturated carbocycles. The molecular formula is C12H21NO3. The van der Waals surface area contributed by atoms with E-state index in [0.717, 1.165) is 6.42 Å². The van der Waals surface area contributed by atoms with E-state index in [-0.39, 0.29) is 17.2 Å². The van der Waals surface area contributed by atoms with Crippen molar-refractivity contribution >= 4 is 11.9 Å². The molecule has 1 heterocycles. The van der Waals surface area contributed by atoms with Gasteiger partial charge in [0.1, 0.15) is 0 Å². The van der Waals surface area contributed by atoms with Crippen molar-refractivity contribution in [1.82, 2.24) is 4.90 Å². The maximum atomic E-state index is 11.6. The number of rotatable bonds is 3. The van der Waals surface area contributed by atoms with Gasteiger partial charge < -0.3 is 10.0 Å². The molecule has 0 aromatic carbocycles. The molecule has 92 valence electrons. The molecule has 1 saturated heterocycles. The van der Waals surface area contributed by atoms with Crippen LogP contribution in [0.5, 0.6) is 0 Å². The van der Waals surface area contributed by atoms with Gasteiger partial charge in [-0.25, -0.2) is 0 Å². The van der Waals surface area contributed by atoms with Crippen molar-refractivity contribution in [2.24, 2.45) is 11.3 Å². The first-order valence-corrected chi connectivity index (χ1v) is 5.80. The first kappa shape index (κ1) is 13.0. The van der Waals surface area contributed by atoms with Gasteiger partial charge in [-0.15, -0.1) is 0 Å². The Bertz CT molecular complexity index is 280. The molecule has 1 amide bonds. The van der Waals surface area contributed by atoms with Gasteiger partial charge in [0.15, 0.2) is 0 Å². The molecule has 0 radical (unpaired) electrons. The summed E-state index contributed by atoms with van der Waals surface area (Å²) in [5, 5.41) is 8.93. The Morgan fingerprint density at radius 2 is 2.12 bits per heavy atom.